The maximum Gasteiger partial charge on any atom is 0.149 e. The largest absolute Gasteiger partial charge is 0.298 e. The molecule has 0 saturated heterocycles. The normalized spacial score (nSPS) is 13.7. The molecule has 0 spiro atoms. The first kappa shape index (κ1) is 15.2. The molecule has 0 aliphatic heterocycles. The maximum absolute atomic E-state index is 12.8. The average Bonchev–Trinajstić information content (AvgIpc) is 2.51. The molecular formula is C17H18OS2. The number of carbonyl (C=O) groups is 1. The molecule has 0 saturated carbocycles. The van der Waals surface area contributed by atoms with Crippen molar-refractivity contribution in [1.29, 1.82) is 0 Å². The molecule has 0 bridgehead atoms. The number of ketones is 1. The third kappa shape index (κ3) is 3.47. The van der Waals surface area contributed by atoms with Crippen molar-refractivity contribution >= 4 is 31.0 Å². The maximum atomic E-state index is 12.8. The zero-order valence-corrected chi connectivity index (χ0v) is 12.9. The Labute approximate surface area is 131 Å². The van der Waals surface area contributed by atoms with Crippen LogP contribution >= 0.6 is 25.3 Å². The SMILES string of the molecule is O=C(C(CS)c1ccccc1)C(CS)c1ccccc1. The minimum atomic E-state index is -0.183. The summed E-state index contributed by atoms with van der Waals surface area (Å²) < 4.78 is 0. The van der Waals surface area contributed by atoms with Crippen LogP contribution in [0, 0.1) is 0 Å². The molecule has 2 aromatic rings. The minimum Gasteiger partial charge on any atom is -0.298 e. The summed E-state index contributed by atoms with van der Waals surface area (Å²) in [7, 11) is 0. The fraction of sp³-hybridized carbons (Fsp3) is 0.235. The van der Waals surface area contributed by atoms with Crippen LogP contribution in [0.25, 0.3) is 0 Å². The molecule has 2 unspecified atom stereocenters. The first-order valence-electron chi connectivity index (χ1n) is 6.63. The fourth-order valence-corrected chi connectivity index (χ4v) is 3.11. The van der Waals surface area contributed by atoms with Crippen LogP contribution in [0.15, 0.2) is 60.7 Å². The molecule has 2 aromatic carbocycles. The first-order valence-corrected chi connectivity index (χ1v) is 7.89. The van der Waals surface area contributed by atoms with Gasteiger partial charge in [-0.05, 0) is 11.1 Å². The van der Waals surface area contributed by atoms with Gasteiger partial charge in [0.25, 0.3) is 0 Å². The molecule has 0 aromatic heterocycles. The van der Waals surface area contributed by atoms with Crippen molar-refractivity contribution in [3.8, 4) is 0 Å². The molecule has 3 heteroatoms. The van der Waals surface area contributed by atoms with E-state index >= 15 is 0 Å². The lowest BCUT2D eigenvalue weighted by atomic mass is 9.85. The smallest absolute Gasteiger partial charge is 0.149 e. The predicted octanol–water partition coefficient (Wildman–Crippen LogP) is 3.98. The molecule has 0 heterocycles. The van der Waals surface area contributed by atoms with Gasteiger partial charge in [0.2, 0.25) is 0 Å². The van der Waals surface area contributed by atoms with Gasteiger partial charge in [-0.2, -0.15) is 25.3 Å². The zero-order chi connectivity index (χ0) is 14.4. The summed E-state index contributed by atoms with van der Waals surface area (Å²) in [6.45, 7) is 0. The summed E-state index contributed by atoms with van der Waals surface area (Å²) in [5.74, 6) is 0.848. The van der Waals surface area contributed by atoms with Gasteiger partial charge in [0.15, 0.2) is 0 Å². The summed E-state index contributed by atoms with van der Waals surface area (Å²) in [6, 6.07) is 19.7. The lowest BCUT2D eigenvalue weighted by Gasteiger charge is -2.20. The lowest BCUT2D eigenvalue weighted by Crippen LogP contribution is -2.23. The molecule has 1 nitrogen and oxygen atoms in total. The van der Waals surface area contributed by atoms with Crippen LogP contribution < -0.4 is 0 Å². The van der Waals surface area contributed by atoms with Gasteiger partial charge in [-0.25, -0.2) is 0 Å². The molecule has 0 aliphatic carbocycles. The van der Waals surface area contributed by atoms with Crippen molar-refractivity contribution in [2.75, 3.05) is 11.5 Å². The molecule has 20 heavy (non-hydrogen) atoms. The molecule has 2 atom stereocenters. The van der Waals surface area contributed by atoms with Gasteiger partial charge < -0.3 is 0 Å². The Morgan fingerprint density at radius 1 is 0.750 bits per heavy atom. The molecule has 104 valence electrons. The van der Waals surface area contributed by atoms with Crippen LogP contribution in [-0.2, 0) is 4.79 Å². The monoisotopic (exact) mass is 302 g/mol. The number of rotatable bonds is 6. The molecule has 0 aliphatic rings. The Bertz CT molecular complexity index is 490. The zero-order valence-electron chi connectivity index (χ0n) is 11.1. The Hall–Kier alpha value is -1.19. The minimum absolute atomic E-state index is 0.183. The Balaban J connectivity index is 2.28. The van der Waals surface area contributed by atoms with E-state index in [-0.39, 0.29) is 17.6 Å². The van der Waals surface area contributed by atoms with Crippen molar-refractivity contribution in [3.05, 3.63) is 71.8 Å². The standard InChI is InChI=1S/C17H18OS2/c18-17(15(11-19)13-7-3-1-4-8-13)16(12-20)14-9-5-2-6-10-14/h1-10,15-16,19-20H,11-12H2. The summed E-state index contributed by atoms with van der Waals surface area (Å²) >= 11 is 8.73. The van der Waals surface area contributed by atoms with E-state index in [1.165, 1.54) is 0 Å². The van der Waals surface area contributed by atoms with Gasteiger partial charge in [-0.3, -0.25) is 4.79 Å². The van der Waals surface area contributed by atoms with Gasteiger partial charge in [0.1, 0.15) is 5.78 Å². The first-order chi connectivity index (χ1) is 9.77. The van der Waals surface area contributed by atoms with Crippen LogP contribution in [0.1, 0.15) is 23.0 Å². The summed E-state index contributed by atoms with van der Waals surface area (Å²) in [6.07, 6.45) is 0. The highest BCUT2D eigenvalue weighted by molar-refractivity contribution is 7.80. The molecular weight excluding hydrogens is 284 g/mol. The van der Waals surface area contributed by atoms with E-state index in [1.54, 1.807) is 0 Å². The molecule has 0 amide bonds. The van der Waals surface area contributed by atoms with Crippen molar-refractivity contribution in [1.82, 2.24) is 0 Å². The average molecular weight is 302 g/mol. The van der Waals surface area contributed by atoms with E-state index in [0.29, 0.717) is 11.5 Å². The highest BCUT2D eigenvalue weighted by Crippen LogP contribution is 2.28. The van der Waals surface area contributed by atoms with Gasteiger partial charge in [0, 0.05) is 11.5 Å². The van der Waals surface area contributed by atoms with Gasteiger partial charge in [-0.1, -0.05) is 60.7 Å². The molecule has 0 radical (unpaired) electrons. The lowest BCUT2D eigenvalue weighted by molar-refractivity contribution is -0.121. The van der Waals surface area contributed by atoms with Crippen molar-refractivity contribution < 1.29 is 4.79 Å². The predicted molar refractivity (Wildman–Crippen MR) is 91.1 cm³/mol. The number of Topliss-reactive ketones (excluding diaryl/α,β-unsaturated/α-hetero) is 1. The van der Waals surface area contributed by atoms with E-state index in [2.05, 4.69) is 25.3 Å². The van der Waals surface area contributed by atoms with Crippen LogP contribution in [0.2, 0.25) is 0 Å². The third-order valence-electron chi connectivity index (χ3n) is 3.46. The Morgan fingerprint density at radius 3 is 1.40 bits per heavy atom. The second-order valence-electron chi connectivity index (χ2n) is 4.69. The third-order valence-corrected chi connectivity index (χ3v) is 4.19. The summed E-state index contributed by atoms with van der Waals surface area (Å²) in [5.41, 5.74) is 2.05. The number of benzene rings is 2. The highest BCUT2D eigenvalue weighted by atomic mass is 32.1. The van der Waals surface area contributed by atoms with Crippen molar-refractivity contribution in [3.63, 3.8) is 0 Å². The van der Waals surface area contributed by atoms with E-state index < -0.39 is 0 Å². The second kappa shape index (κ2) is 7.55. The molecule has 2 rings (SSSR count). The van der Waals surface area contributed by atoms with E-state index in [1.807, 2.05) is 60.7 Å². The van der Waals surface area contributed by atoms with Gasteiger partial charge >= 0.3 is 0 Å². The summed E-state index contributed by atoms with van der Waals surface area (Å²) in [4.78, 5) is 12.8. The Morgan fingerprint density at radius 2 is 1.10 bits per heavy atom. The quantitative estimate of drug-likeness (QED) is 0.772. The van der Waals surface area contributed by atoms with E-state index in [0.717, 1.165) is 11.1 Å². The second-order valence-corrected chi connectivity index (χ2v) is 5.42. The van der Waals surface area contributed by atoms with Crippen molar-refractivity contribution in [2.45, 2.75) is 11.8 Å². The van der Waals surface area contributed by atoms with Crippen LogP contribution in [0.3, 0.4) is 0 Å². The number of hydrogen-bond donors (Lipinski definition) is 2. The molecule has 0 fully saturated rings. The van der Waals surface area contributed by atoms with Crippen LogP contribution in [0.4, 0.5) is 0 Å². The van der Waals surface area contributed by atoms with Gasteiger partial charge in [0.05, 0.1) is 11.8 Å². The molecule has 0 N–H and O–H groups in total. The van der Waals surface area contributed by atoms with E-state index in [9.17, 15) is 4.79 Å². The van der Waals surface area contributed by atoms with Crippen LogP contribution in [-0.4, -0.2) is 17.3 Å². The summed E-state index contributed by atoms with van der Waals surface area (Å²) in [5, 5.41) is 0. The highest BCUT2D eigenvalue weighted by Gasteiger charge is 2.27. The number of hydrogen-bond acceptors (Lipinski definition) is 3. The number of thiol groups is 2. The van der Waals surface area contributed by atoms with Gasteiger partial charge in [-0.15, -0.1) is 0 Å². The Kier molecular flexibility index (Phi) is 5.74. The van der Waals surface area contributed by atoms with E-state index in [4.69, 9.17) is 0 Å². The van der Waals surface area contributed by atoms with Crippen molar-refractivity contribution in [2.24, 2.45) is 0 Å². The topological polar surface area (TPSA) is 17.1 Å². The fourth-order valence-electron chi connectivity index (χ4n) is 2.33. The number of carbonyl (C=O) groups excluding carboxylic acids is 1. The van der Waals surface area contributed by atoms with Crippen LogP contribution in [0.5, 0.6) is 0 Å².